The molecule has 4 N–H and O–H groups in total. The molecular formula is C14H25N3O2. The second-order valence-corrected chi connectivity index (χ2v) is 6.00. The molecule has 0 bridgehead atoms. The molecule has 1 unspecified atom stereocenters. The Bertz CT molecular complexity index is 346. The first kappa shape index (κ1) is 14.3. The second-order valence-electron chi connectivity index (χ2n) is 6.00. The smallest absolute Gasteiger partial charge is 0.226 e. The summed E-state index contributed by atoms with van der Waals surface area (Å²) in [6, 6.07) is 0. The molecule has 108 valence electrons. The number of rotatable bonds is 4. The summed E-state index contributed by atoms with van der Waals surface area (Å²) in [6.45, 7) is 2.12. The lowest BCUT2D eigenvalue weighted by atomic mass is 9.90. The van der Waals surface area contributed by atoms with Gasteiger partial charge in [0.15, 0.2) is 0 Å². The molecular weight excluding hydrogens is 242 g/mol. The standard InChI is InChI=1S/C14H25N3O2/c15-8-11-4-1-5-12(11)14(19)17-6-2-3-10(9-17)7-13(16)18/h10-12H,1-9,15H2,(H2,16,18)/t10?,11-,12-/m1/s1. The van der Waals surface area contributed by atoms with Gasteiger partial charge in [-0.25, -0.2) is 0 Å². The number of nitrogens with zero attached hydrogens (tertiary/aromatic N) is 1. The van der Waals surface area contributed by atoms with Gasteiger partial charge in [0.2, 0.25) is 11.8 Å². The fourth-order valence-corrected chi connectivity index (χ4v) is 3.59. The molecule has 2 fully saturated rings. The van der Waals surface area contributed by atoms with Gasteiger partial charge >= 0.3 is 0 Å². The second kappa shape index (κ2) is 6.37. The van der Waals surface area contributed by atoms with Crippen molar-refractivity contribution in [3.8, 4) is 0 Å². The average Bonchev–Trinajstić information content (AvgIpc) is 2.85. The van der Waals surface area contributed by atoms with Crippen LogP contribution in [0, 0.1) is 17.8 Å². The molecule has 2 aliphatic rings. The Morgan fingerprint density at radius 2 is 1.95 bits per heavy atom. The third kappa shape index (κ3) is 3.47. The molecule has 1 saturated carbocycles. The van der Waals surface area contributed by atoms with E-state index in [2.05, 4.69) is 0 Å². The fraction of sp³-hybridized carbons (Fsp3) is 0.857. The minimum absolute atomic E-state index is 0.109. The van der Waals surface area contributed by atoms with Gasteiger partial charge in [0.1, 0.15) is 0 Å². The number of carbonyl (C=O) groups excluding carboxylic acids is 2. The Kier molecular flexibility index (Phi) is 4.80. The molecule has 5 heteroatoms. The summed E-state index contributed by atoms with van der Waals surface area (Å²) in [5.74, 6) is 0.691. The summed E-state index contributed by atoms with van der Waals surface area (Å²) in [4.78, 5) is 25.5. The summed E-state index contributed by atoms with van der Waals surface area (Å²) in [5.41, 5.74) is 11.0. The maximum Gasteiger partial charge on any atom is 0.226 e. The predicted molar refractivity (Wildman–Crippen MR) is 73.0 cm³/mol. The van der Waals surface area contributed by atoms with Crippen molar-refractivity contribution in [1.29, 1.82) is 0 Å². The van der Waals surface area contributed by atoms with Crippen molar-refractivity contribution in [2.75, 3.05) is 19.6 Å². The van der Waals surface area contributed by atoms with Gasteiger partial charge in [0, 0.05) is 25.4 Å². The lowest BCUT2D eigenvalue weighted by molar-refractivity contribution is -0.139. The molecule has 0 aromatic carbocycles. The van der Waals surface area contributed by atoms with E-state index in [1.54, 1.807) is 0 Å². The van der Waals surface area contributed by atoms with Crippen LogP contribution < -0.4 is 11.5 Å². The molecule has 3 atom stereocenters. The first-order valence-electron chi connectivity index (χ1n) is 7.39. The zero-order valence-electron chi connectivity index (χ0n) is 11.5. The number of piperidine rings is 1. The molecule has 5 nitrogen and oxygen atoms in total. The third-order valence-corrected chi connectivity index (χ3v) is 4.60. The van der Waals surface area contributed by atoms with Gasteiger partial charge in [0.05, 0.1) is 0 Å². The highest BCUT2D eigenvalue weighted by atomic mass is 16.2. The van der Waals surface area contributed by atoms with Crippen molar-refractivity contribution in [3.05, 3.63) is 0 Å². The van der Waals surface area contributed by atoms with Crippen LogP contribution in [0.1, 0.15) is 38.5 Å². The van der Waals surface area contributed by atoms with E-state index in [1.807, 2.05) is 4.90 Å². The summed E-state index contributed by atoms with van der Waals surface area (Å²) < 4.78 is 0. The van der Waals surface area contributed by atoms with Crippen molar-refractivity contribution >= 4 is 11.8 Å². The van der Waals surface area contributed by atoms with Gasteiger partial charge in [-0.3, -0.25) is 9.59 Å². The largest absolute Gasteiger partial charge is 0.370 e. The molecule has 0 aromatic heterocycles. The van der Waals surface area contributed by atoms with E-state index in [-0.39, 0.29) is 23.7 Å². The van der Waals surface area contributed by atoms with Gasteiger partial charge in [-0.2, -0.15) is 0 Å². The molecule has 19 heavy (non-hydrogen) atoms. The summed E-state index contributed by atoms with van der Waals surface area (Å²) in [7, 11) is 0. The van der Waals surface area contributed by atoms with Gasteiger partial charge < -0.3 is 16.4 Å². The lowest BCUT2D eigenvalue weighted by Gasteiger charge is -2.35. The quantitative estimate of drug-likeness (QED) is 0.776. The number of carbonyl (C=O) groups is 2. The summed E-state index contributed by atoms with van der Waals surface area (Å²) in [5, 5.41) is 0. The molecule has 2 amide bonds. The van der Waals surface area contributed by atoms with Gasteiger partial charge in [0.25, 0.3) is 0 Å². The minimum Gasteiger partial charge on any atom is -0.370 e. The van der Waals surface area contributed by atoms with Gasteiger partial charge in [-0.15, -0.1) is 0 Å². The Morgan fingerprint density at radius 3 is 2.63 bits per heavy atom. The number of nitrogens with two attached hydrogens (primary N) is 2. The molecule has 1 aliphatic carbocycles. The third-order valence-electron chi connectivity index (χ3n) is 4.60. The van der Waals surface area contributed by atoms with E-state index in [4.69, 9.17) is 11.5 Å². The monoisotopic (exact) mass is 267 g/mol. The van der Waals surface area contributed by atoms with Crippen molar-refractivity contribution in [2.24, 2.45) is 29.2 Å². The fourth-order valence-electron chi connectivity index (χ4n) is 3.59. The molecule has 0 spiro atoms. The van der Waals surface area contributed by atoms with Gasteiger partial charge in [-0.1, -0.05) is 6.42 Å². The summed E-state index contributed by atoms with van der Waals surface area (Å²) >= 11 is 0. The first-order chi connectivity index (χ1) is 9.11. The Morgan fingerprint density at radius 1 is 1.16 bits per heavy atom. The van der Waals surface area contributed by atoms with E-state index in [0.717, 1.165) is 38.6 Å². The predicted octanol–water partition coefficient (Wildman–Crippen LogP) is 0.475. The molecule has 2 rings (SSSR count). The maximum atomic E-state index is 12.6. The van der Waals surface area contributed by atoms with Crippen LogP contribution in [-0.4, -0.2) is 36.3 Å². The van der Waals surface area contributed by atoms with Gasteiger partial charge in [-0.05, 0) is 44.1 Å². The van der Waals surface area contributed by atoms with E-state index >= 15 is 0 Å². The number of hydrogen-bond acceptors (Lipinski definition) is 3. The van der Waals surface area contributed by atoms with E-state index in [1.165, 1.54) is 0 Å². The number of hydrogen-bond donors (Lipinski definition) is 2. The van der Waals surface area contributed by atoms with Crippen LogP contribution in [0.4, 0.5) is 0 Å². The molecule has 1 aliphatic heterocycles. The average molecular weight is 267 g/mol. The highest BCUT2D eigenvalue weighted by Gasteiger charge is 2.36. The van der Waals surface area contributed by atoms with E-state index in [0.29, 0.717) is 25.4 Å². The Balaban J connectivity index is 1.93. The highest BCUT2D eigenvalue weighted by Crippen LogP contribution is 2.33. The topological polar surface area (TPSA) is 89.4 Å². The highest BCUT2D eigenvalue weighted by molar-refractivity contribution is 5.80. The van der Waals surface area contributed by atoms with Crippen LogP contribution in [0.25, 0.3) is 0 Å². The maximum absolute atomic E-state index is 12.6. The Labute approximate surface area is 114 Å². The molecule has 1 heterocycles. The lowest BCUT2D eigenvalue weighted by Crippen LogP contribution is -2.45. The molecule has 1 saturated heterocycles. The SMILES string of the molecule is NC[C@H]1CCC[C@H]1C(=O)N1CCCC(CC(N)=O)C1. The van der Waals surface area contributed by atoms with Crippen LogP contribution in [-0.2, 0) is 9.59 Å². The van der Waals surface area contributed by atoms with Crippen molar-refractivity contribution < 1.29 is 9.59 Å². The van der Waals surface area contributed by atoms with Crippen LogP contribution in [0.3, 0.4) is 0 Å². The number of primary amides is 1. The molecule has 0 aromatic rings. The van der Waals surface area contributed by atoms with Crippen LogP contribution >= 0.6 is 0 Å². The van der Waals surface area contributed by atoms with E-state index in [9.17, 15) is 9.59 Å². The van der Waals surface area contributed by atoms with Crippen LogP contribution in [0.15, 0.2) is 0 Å². The number of likely N-dealkylation sites (tertiary alicyclic amines) is 1. The Hall–Kier alpha value is -1.10. The normalized spacial score (nSPS) is 31.4. The summed E-state index contributed by atoms with van der Waals surface area (Å²) in [6.07, 6.45) is 5.52. The zero-order chi connectivity index (χ0) is 13.8. The van der Waals surface area contributed by atoms with Crippen molar-refractivity contribution in [1.82, 2.24) is 4.90 Å². The minimum atomic E-state index is -0.264. The van der Waals surface area contributed by atoms with Crippen molar-refractivity contribution in [3.63, 3.8) is 0 Å². The zero-order valence-corrected chi connectivity index (χ0v) is 11.5. The van der Waals surface area contributed by atoms with Crippen molar-refractivity contribution in [2.45, 2.75) is 38.5 Å². The van der Waals surface area contributed by atoms with Crippen LogP contribution in [0.5, 0.6) is 0 Å². The van der Waals surface area contributed by atoms with Crippen LogP contribution in [0.2, 0.25) is 0 Å². The number of amides is 2. The molecule has 0 radical (unpaired) electrons. The first-order valence-corrected chi connectivity index (χ1v) is 7.39. The van der Waals surface area contributed by atoms with E-state index < -0.39 is 0 Å².